The lowest BCUT2D eigenvalue weighted by atomic mass is 10.0. The highest BCUT2D eigenvalue weighted by Gasteiger charge is 2.46. The lowest BCUT2D eigenvalue weighted by Crippen LogP contribution is -2.46. The Morgan fingerprint density at radius 1 is 1.41 bits per heavy atom. The zero-order valence-corrected chi connectivity index (χ0v) is 13.2. The van der Waals surface area contributed by atoms with E-state index < -0.39 is 5.54 Å². The van der Waals surface area contributed by atoms with Gasteiger partial charge in [0.05, 0.1) is 18.7 Å². The van der Waals surface area contributed by atoms with Crippen molar-refractivity contribution in [1.82, 2.24) is 10.2 Å². The Morgan fingerprint density at radius 3 is 2.77 bits per heavy atom. The van der Waals surface area contributed by atoms with E-state index in [-0.39, 0.29) is 11.9 Å². The van der Waals surface area contributed by atoms with Crippen molar-refractivity contribution in [3.63, 3.8) is 0 Å². The fourth-order valence-corrected chi connectivity index (χ4v) is 3.09. The van der Waals surface area contributed by atoms with Gasteiger partial charge in [0.25, 0.3) is 0 Å². The van der Waals surface area contributed by atoms with Gasteiger partial charge in [-0.25, -0.2) is 0 Å². The third kappa shape index (κ3) is 3.25. The average molecular weight is 303 g/mol. The molecule has 1 aromatic rings. The summed E-state index contributed by atoms with van der Waals surface area (Å²) < 4.78 is 5.33. The first-order valence-electron chi connectivity index (χ1n) is 8.07. The normalized spacial score (nSPS) is 21.4. The number of rotatable bonds is 6. The third-order valence-electron chi connectivity index (χ3n) is 4.76. The molecule has 1 atom stereocenters. The average Bonchev–Trinajstić information content (AvgIpc) is 3.08. The first kappa shape index (κ1) is 15.3. The van der Waals surface area contributed by atoms with Crippen LogP contribution in [0, 0.1) is 0 Å². The van der Waals surface area contributed by atoms with Crippen LogP contribution in [0.15, 0.2) is 24.3 Å². The largest absolute Gasteiger partial charge is 0.497 e. The van der Waals surface area contributed by atoms with Crippen LogP contribution in [0.4, 0.5) is 0 Å². The number of nitrogens with two attached hydrogens (primary N) is 1. The van der Waals surface area contributed by atoms with Crippen LogP contribution in [-0.4, -0.2) is 43.1 Å². The molecule has 0 bridgehead atoms. The summed E-state index contributed by atoms with van der Waals surface area (Å²) in [6, 6.07) is 8.30. The number of methoxy groups -OCH3 is 1. The van der Waals surface area contributed by atoms with Gasteiger partial charge in [-0.1, -0.05) is 12.1 Å². The number of hydrogen-bond acceptors (Lipinski definition) is 4. The molecule has 1 aliphatic heterocycles. The zero-order chi connectivity index (χ0) is 15.6. The number of carbonyl (C=O) groups excluding carboxylic acids is 1. The van der Waals surface area contributed by atoms with Crippen LogP contribution in [0.3, 0.4) is 0 Å². The molecule has 5 heteroatoms. The number of nitrogens with zero attached hydrogens (tertiary/aromatic N) is 1. The van der Waals surface area contributed by atoms with Crippen LogP contribution in [0.5, 0.6) is 5.75 Å². The predicted octanol–water partition coefficient (Wildman–Crippen LogP) is 1.44. The molecule has 2 fully saturated rings. The van der Waals surface area contributed by atoms with E-state index in [1.807, 2.05) is 12.1 Å². The molecule has 0 aromatic heterocycles. The Bertz CT molecular complexity index is 536. The Balaban J connectivity index is 1.72. The van der Waals surface area contributed by atoms with Crippen LogP contribution >= 0.6 is 0 Å². The van der Waals surface area contributed by atoms with Crippen LogP contribution < -0.4 is 15.8 Å². The molecule has 1 aliphatic carbocycles. The molecule has 1 aromatic carbocycles. The van der Waals surface area contributed by atoms with E-state index in [2.05, 4.69) is 22.3 Å². The molecular formula is C17H25N3O2. The number of carbonyl (C=O) groups is 1. The maximum Gasteiger partial charge on any atom is 0.240 e. The van der Waals surface area contributed by atoms with Crippen molar-refractivity contribution in [1.29, 1.82) is 0 Å². The lowest BCUT2D eigenvalue weighted by molar-refractivity contribution is -0.123. The minimum atomic E-state index is -0.607. The highest BCUT2D eigenvalue weighted by molar-refractivity contribution is 5.89. The van der Waals surface area contributed by atoms with Gasteiger partial charge in [0.15, 0.2) is 0 Å². The van der Waals surface area contributed by atoms with Gasteiger partial charge in [0.1, 0.15) is 5.75 Å². The Hall–Kier alpha value is -1.59. The maximum atomic E-state index is 12.1. The van der Waals surface area contributed by atoms with E-state index in [1.54, 1.807) is 7.11 Å². The molecule has 1 unspecified atom stereocenters. The second-order valence-corrected chi connectivity index (χ2v) is 6.40. The molecule has 0 radical (unpaired) electrons. The molecule has 3 N–H and O–H groups in total. The molecule has 0 spiro atoms. The number of likely N-dealkylation sites (tertiary alicyclic amines) is 1. The van der Waals surface area contributed by atoms with E-state index in [9.17, 15) is 4.79 Å². The quantitative estimate of drug-likeness (QED) is 0.834. The summed E-state index contributed by atoms with van der Waals surface area (Å²) >= 11 is 0. The van der Waals surface area contributed by atoms with Gasteiger partial charge in [-0.2, -0.15) is 0 Å². The van der Waals surface area contributed by atoms with Crippen LogP contribution in [0.25, 0.3) is 0 Å². The molecule has 2 aliphatic rings. The fraction of sp³-hybridized carbons (Fsp3) is 0.588. The molecule has 1 saturated heterocycles. The van der Waals surface area contributed by atoms with Crippen molar-refractivity contribution in [2.75, 3.05) is 26.7 Å². The van der Waals surface area contributed by atoms with Crippen molar-refractivity contribution in [3.8, 4) is 5.75 Å². The predicted molar refractivity (Wildman–Crippen MR) is 85.7 cm³/mol. The van der Waals surface area contributed by atoms with Gasteiger partial charge in [-0.3, -0.25) is 9.69 Å². The molecule has 3 rings (SSSR count). The Morgan fingerprint density at radius 2 is 2.14 bits per heavy atom. The van der Waals surface area contributed by atoms with Crippen molar-refractivity contribution < 1.29 is 9.53 Å². The highest BCUT2D eigenvalue weighted by Crippen LogP contribution is 2.33. The van der Waals surface area contributed by atoms with Crippen molar-refractivity contribution in [2.45, 2.75) is 37.3 Å². The van der Waals surface area contributed by atoms with Gasteiger partial charge in [-0.15, -0.1) is 0 Å². The number of hydrogen-bond donors (Lipinski definition) is 2. The minimum Gasteiger partial charge on any atom is -0.497 e. The standard InChI is InChI=1S/C17H25N3O2/c1-22-14-6-4-5-13(11-14)15(20-9-2-3-10-20)12-19-16(21)17(18)7-8-17/h4-6,11,15H,2-3,7-10,12,18H2,1H3,(H,19,21). The SMILES string of the molecule is COc1cccc(C(CNC(=O)C2(N)CC2)N2CCCC2)c1. The van der Waals surface area contributed by atoms with Crippen LogP contribution in [-0.2, 0) is 4.79 Å². The smallest absolute Gasteiger partial charge is 0.240 e. The summed E-state index contributed by atoms with van der Waals surface area (Å²) in [5, 5.41) is 3.05. The third-order valence-corrected chi connectivity index (χ3v) is 4.76. The first-order chi connectivity index (χ1) is 10.6. The number of nitrogens with one attached hydrogen (secondary N) is 1. The second kappa shape index (κ2) is 6.26. The minimum absolute atomic E-state index is 0.0143. The fourth-order valence-electron chi connectivity index (χ4n) is 3.09. The summed E-state index contributed by atoms with van der Waals surface area (Å²) in [6.45, 7) is 2.75. The van der Waals surface area contributed by atoms with E-state index in [1.165, 1.54) is 18.4 Å². The highest BCUT2D eigenvalue weighted by atomic mass is 16.5. The summed E-state index contributed by atoms with van der Waals surface area (Å²) in [6.07, 6.45) is 4.03. The molecule has 1 heterocycles. The Labute approximate surface area is 131 Å². The molecule has 1 saturated carbocycles. The van der Waals surface area contributed by atoms with E-state index in [4.69, 9.17) is 10.5 Å². The van der Waals surface area contributed by atoms with Gasteiger partial charge in [0.2, 0.25) is 5.91 Å². The summed E-state index contributed by atoms with van der Waals surface area (Å²) in [5.74, 6) is 0.838. The second-order valence-electron chi connectivity index (χ2n) is 6.40. The topological polar surface area (TPSA) is 67.6 Å². The van der Waals surface area contributed by atoms with Gasteiger partial charge >= 0.3 is 0 Å². The molecule has 1 amide bonds. The Kier molecular flexibility index (Phi) is 4.36. The lowest BCUT2D eigenvalue weighted by Gasteiger charge is -2.29. The van der Waals surface area contributed by atoms with E-state index >= 15 is 0 Å². The van der Waals surface area contributed by atoms with Crippen LogP contribution in [0.2, 0.25) is 0 Å². The number of amides is 1. The van der Waals surface area contributed by atoms with E-state index in [0.717, 1.165) is 31.7 Å². The van der Waals surface area contributed by atoms with Crippen molar-refractivity contribution >= 4 is 5.91 Å². The van der Waals surface area contributed by atoms with Crippen molar-refractivity contribution in [3.05, 3.63) is 29.8 Å². The summed E-state index contributed by atoms with van der Waals surface area (Å²) in [4.78, 5) is 14.6. The maximum absolute atomic E-state index is 12.1. The molecular weight excluding hydrogens is 278 g/mol. The van der Waals surface area contributed by atoms with E-state index in [0.29, 0.717) is 6.54 Å². The first-order valence-corrected chi connectivity index (χ1v) is 8.07. The van der Waals surface area contributed by atoms with Crippen molar-refractivity contribution in [2.24, 2.45) is 5.73 Å². The number of benzene rings is 1. The summed E-state index contributed by atoms with van der Waals surface area (Å²) in [7, 11) is 1.68. The molecule has 5 nitrogen and oxygen atoms in total. The molecule has 22 heavy (non-hydrogen) atoms. The van der Waals surface area contributed by atoms with Gasteiger partial charge in [-0.05, 0) is 56.5 Å². The molecule has 120 valence electrons. The zero-order valence-electron chi connectivity index (χ0n) is 13.2. The monoisotopic (exact) mass is 303 g/mol. The van der Waals surface area contributed by atoms with Crippen LogP contribution in [0.1, 0.15) is 37.3 Å². The number of ether oxygens (including phenoxy) is 1. The van der Waals surface area contributed by atoms with Gasteiger partial charge in [0, 0.05) is 6.54 Å². The summed E-state index contributed by atoms with van der Waals surface area (Å²) in [5.41, 5.74) is 6.54. The van der Waals surface area contributed by atoms with Gasteiger partial charge < -0.3 is 15.8 Å².